The van der Waals surface area contributed by atoms with E-state index in [4.69, 9.17) is 19.9 Å². The fourth-order valence-corrected chi connectivity index (χ4v) is 6.65. The molecule has 3 atom stereocenters. The van der Waals surface area contributed by atoms with Crippen LogP contribution in [0.4, 0.5) is 5.82 Å². The molecule has 0 aliphatic rings. The van der Waals surface area contributed by atoms with E-state index < -0.39 is 37.1 Å². The number of nitrogens with two attached hydrogens (primary N) is 1. The molecule has 238 valence electrons. The Morgan fingerprint density at radius 3 is 2.29 bits per heavy atom. The highest BCUT2D eigenvalue weighted by Gasteiger charge is 2.39. The van der Waals surface area contributed by atoms with E-state index in [1.54, 1.807) is 31.7 Å². The van der Waals surface area contributed by atoms with Gasteiger partial charge in [-0.3, -0.25) is 14.2 Å². The minimum absolute atomic E-state index is 0.274. The summed E-state index contributed by atoms with van der Waals surface area (Å²) in [5.74, 6) is -0.793. The van der Waals surface area contributed by atoms with Crippen LogP contribution in [0.3, 0.4) is 0 Å². The summed E-state index contributed by atoms with van der Waals surface area (Å²) in [5, 5.41) is 5.80. The molecule has 0 radical (unpaired) electrons. The first kappa shape index (κ1) is 35.6. The molecule has 0 aliphatic heterocycles. The third kappa shape index (κ3) is 11.6. The molecule has 13 nitrogen and oxygen atoms in total. The van der Waals surface area contributed by atoms with E-state index in [0.29, 0.717) is 24.3 Å². The molecule has 0 aliphatic carbocycles. The summed E-state index contributed by atoms with van der Waals surface area (Å²) in [4.78, 5) is 38.1. The van der Waals surface area contributed by atoms with E-state index in [2.05, 4.69) is 39.0 Å². The van der Waals surface area contributed by atoms with Crippen molar-refractivity contribution in [2.24, 2.45) is 0 Å². The summed E-state index contributed by atoms with van der Waals surface area (Å²) < 4.78 is 32.8. The predicted octanol–water partition coefficient (Wildman–Crippen LogP) is 4.56. The number of imidazole rings is 1. The predicted molar refractivity (Wildman–Crippen MR) is 163 cm³/mol. The highest BCUT2D eigenvalue weighted by Crippen LogP contribution is 2.40. The Hall–Kier alpha value is -2.60. The van der Waals surface area contributed by atoms with Crippen molar-refractivity contribution in [3.05, 3.63) is 12.7 Å². The van der Waals surface area contributed by atoms with Gasteiger partial charge in [-0.15, -0.1) is 0 Å². The molecule has 0 saturated carbocycles. The van der Waals surface area contributed by atoms with Gasteiger partial charge in [0, 0.05) is 0 Å². The van der Waals surface area contributed by atoms with Crippen molar-refractivity contribution in [3.63, 3.8) is 0 Å². The number of aromatic nitrogens is 4. The Morgan fingerprint density at radius 2 is 1.64 bits per heavy atom. The van der Waals surface area contributed by atoms with E-state index in [-0.39, 0.29) is 18.8 Å². The molecule has 0 saturated heterocycles. The third-order valence-corrected chi connectivity index (χ3v) is 8.86. The summed E-state index contributed by atoms with van der Waals surface area (Å²) in [7, 11) is -3.70. The second kappa shape index (κ2) is 17.5. The van der Waals surface area contributed by atoms with Crippen molar-refractivity contribution in [3.8, 4) is 0 Å². The fraction of sp³-hybridized carbons (Fsp3) is 0.750. The summed E-state index contributed by atoms with van der Waals surface area (Å²) in [6.45, 7) is 11.7. The second-order valence-electron chi connectivity index (χ2n) is 11.2. The van der Waals surface area contributed by atoms with Crippen LogP contribution in [-0.2, 0) is 34.9 Å². The number of ether oxygens (including phenoxy) is 3. The lowest BCUT2D eigenvalue weighted by molar-refractivity contribution is -0.149. The molecule has 42 heavy (non-hydrogen) atoms. The smallest absolute Gasteiger partial charge is 0.326 e. The average Bonchev–Trinajstić information content (AvgIpc) is 3.35. The lowest BCUT2D eigenvalue weighted by Gasteiger charge is -2.32. The fourth-order valence-electron chi connectivity index (χ4n) is 4.26. The van der Waals surface area contributed by atoms with Crippen molar-refractivity contribution in [2.45, 2.75) is 117 Å². The van der Waals surface area contributed by atoms with Gasteiger partial charge in [0.25, 0.3) is 0 Å². The first-order chi connectivity index (χ1) is 19.9. The quantitative estimate of drug-likeness (QED) is 0.102. The molecular formula is C28H50N7O6P. The SMILES string of the molecule is CCCCCCOC(=O)[C@@H](C)NP(=O)(CO[C@@H](C)Cn1cnc2c(N)ncnc21)NC(C)(C)C(=O)OCCCCCC. The van der Waals surface area contributed by atoms with Crippen LogP contribution in [0.15, 0.2) is 12.7 Å². The number of carbonyl (C=O) groups is 2. The Labute approximate surface area is 249 Å². The van der Waals surface area contributed by atoms with Crippen molar-refractivity contribution >= 4 is 36.4 Å². The molecule has 0 amide bonds. The summed E-state index contributed by atoms with van der Waals surface area (Å²) >= 11 is 0. The van der Waals surface area contributed by atoms with Crippen LogP contribution in [-0.4, -0.2) is 68.7 Å². The highest BCUT2D eigenvalue weighted by atomic mass is 31.2. The topological polar surface area (TPSA) is 173 Å². The Kier molecular flexibility index (Phi) is 14.8. The maximum Gasteiger partial charge on any atom is 0.326 e. The molecule has 0 bridgehead atoms. The molecule has 2 rings (SSSR count). The van der Waals surface area contributed by atoms with Gasteiger partial charge >= 0.3 is 11.9 Å². The van der Waals surface area contributed by atoms with Gasteiger partial charge in [0.1, 0.15) is 29.8 Å². The summed E-state index contributed by atoms with van der Waals surface area (Å²) in [5.41, 5.74) is 5.60. The summed E-state index contributed by atoms with van der Waals surface area (Å²) in [6, 6.07) is -0.911. The van der Waals surface area contributed by atoms with Gasteiger partial charge in [0.15, 0.2) is 11.5 Å². The van der Waals surface area contributed by atoms with E-state index in [9.17, 15) is 14.2 Å². The Bertz CT molecular complexity index is 1170. The number of esters is 2. The first-order valence-corrected chi connectivity index (χ1v) is 16.8. The number of hydrogen-bond donors (Lipinski definition) is 3. The average molecular weight is 612 g/mol. The van der Waals surface area contributed by atoms with Crippen LogP contribution in [0, 0.1) is 0 Å². The van der Waals surface area contributed by atoms with Crippen molar-refractivity contribution in [2.75, 3.05) is 25.3 Å². The maximum absolute atomic E-state index is 14.2. The van der Waals surface area contributed by atoms with E-state index in [0.717, 1.165) is 51.4 Å². The zero-order valence-corrected chi connectivity index (χ0v) is 27.0. The molecule has 2 heterocycles. The van der Waals surface area contributed by atoms with Gasteiger partial charge in [-0.05, 0) is 40.5 Å². The third-order valence-electron chi connectivity index (χ3n) is 6.62. The number of rotatable bonds is 21. The number of nitrogens with one attached hydrogen (secondary N) is 2. The minimum Gasteiger partial charge on any atom is -0.465 e. The number of carbonyl (C=O) groups excluding carboxylic acids is 2. The van der Waals surface area contributed by atoms with Crippen LogP contribution < -0.4 is 15.9 Å². The van der Waals surface area contributed by atoms with Crippen LogP contribution in [0.5, 0.6) is 0 Å². The number of anilines is 1. The Balaban J connectivity index is 2.09. The molecular weight excluding hydrogens is 561 g/mol. The number of nitrogens with zero attached hydrogens (tertiary/aromatic N) is 4. The van der Waals surface area contributed by atoms with Crippen LogP contribution >= 0.6 is 7.44 Å². The van der Waals surface area contributed by atoms with Gasteiger partial charge in [-0.1, -0.05) is 52.4 Å². The van der Waals surface area contributed by atoms with E-state index in [1.807, 2.05) is 6.92 Å². The highest BCUT2D eigenvalue weighted by molar-refractivity contribution is 7.59. The van der Waals surface area contributed by atoms with E-state index >= 15 is 0 Å². The molecule has 2 aromatic heterocycles. The number of hydrogen-bond acceptors (Lipinski definition) is 10. The van der Waals surface area contributed by atoms with Gasteiger partial charge in [-0.2, -0.15) is 0 Å². The van der Waals surface area contributed by atoms with Crippen LogP contribution in [0.1, 0.15) is 92.9 Å². The maximum atomic E-state index is 14.2. The van der Waals surface area contributed by atoms with Gasteiger partial charge in [-0.25, -0.2) is 25.1 Å². The van der Waals surface area contributed by atoms with Gasteiger partial charge in [0.2, 0.25) is 7.44 Å². The molecule has 4 N–H and O–H groups in total. The van der Waals surface area contributed by atoms with Gasteiger partial charge < -0.3 is 24.5 Å². The van der Waals surface area contributed by atoms with E-state index in [1.165, 1.54) is 6.33 Å². The molecule has 0 spiro atoms. The first-order valence-electron chi connectivity index (χ1n) is 15.0. The lowest BCUT2D eigenvalue weighted by atomic mass is 10.1. The normalized spacial score (nSPS) is 14.8. The zero-order valence-electron chi connectivity index (χ0n) is 26.1. The minimum atomic E-state index is -3.70. The zero-order chi connectivity index (χ0) is 31.2. The number of fused-ring (bicyclic) bond motifs is 1. The largest absolute Gasteiger partial charge is 0.465 e. The Morgan fingerprint density at radius 1 is 1.00 bits per heavy atom. The van der Waals surface area contributed by atoms with Crippen molar-refractivity contribution < 1.29 is 28.4 Å². The lowest BCUT2D eigenvalue weighted by Crippen LogP contribution is -2.50. The van der Waals surface area contributed by atoms with Gasteiger partial charge in [0.05, 0.1) is 32.2 Å². The van der Waals surface area contributed by atoms with Crippen LogP contribution in [0.2, 0.25) is 0 Å². The molecule has 2 aromatic rings. The van der Waals surface area contributed by atoms with Crippen LogP contribution in [0.25, 0.3) is 11.2 Å². The molecule has 14 heteroatoms. The van der Waals surface area contributed by atoms with Crippen molar-refractivity contribution in [1.82, 2.24) is 29.7 Å². The molecule has 0 fully saturated rings. The molecule has 0 aromatic carbocycles. The monoisotopic (exact) mass is 611 g/mol. The number of unbranched alkanes of at least 4 members (excludes halogenated alkanes) is 6. The molecule has 1 unspecified atom stereocenters. The summed E-state index contributed by atoms with van der Waals surface area (Å²) in [6.07, 6.45) is 9.94. The number of nitrogen functional groups attached to an aromatic ring is 1. The second-order valence-corrected chi connectivity index (χ2v) is 13.4. The standard InChI is InChI=1S/C28H50N7O6P/c1-7-9-11-13-15-39-26(36)22(4)33-42(38,34-28(5,6)27(37)40-16-14-12-10-8-2)20-41-21(3)17-35-19-32-23-24(29)30-18-31-25(23)35/h18-19,21-22H,7-17,20H2,1-6H3,(H2,29,30,31)(H2,33,34,38)/t21-,22+,42?/m0/s1. The van der Waals surface area contributed by atoms with Crippen molar-refractivity contribution in [1.29, 1.82) is 0 Å².